The summed E-state index contributed by atoms with van der Waals surface area (Å²) in [5, 5.41) is 6.59. The van der Waals surface area contributed by atoms with E-state index in [2.05, 4.69) is 89.6 Å². The van der Waals surface area contributed by atoms with Gasteiger partial charge in [0.2, 0.25) is 0 Å². The summed E-state index contributed by atoms with van der Waals surface area (Å²) in [6, 6.07) is 29.7. The van der Waals surface area contributed by atoms with Gasteiger partial charge in [-0.3, -0.25) is 0 Å². The van der Waals surface area contributed by atoms with E-state index in [0.717, 1.165) is 29.7 Å². The molecule has 1 heterocycles. The minimum atomic E-state index is 1.02. The van der Waals surface area contributed by atoms with E-state index in [1.54, 1.807) is 0 Å². The van der Waals surface area contributed by atoms with Gasteiger partial charge in [-0.1, -0.05) is 78.9 Å². The minimum Gasteiger partial charge on any atom is -0.236 e. The first kappa shape index (κ1) is 16.1. The highest BCUT2D eigenvalue weighted by atomic mass is 15.4. The van der Waals surface area contributed by atoms with Gasteiger partial charge in [0, 0.05) is 22.2 Å². The standard InChI is InChI=1S/C25H22N2/c1-3-11-19(12-4-1)25(20-13-5-2-6-14-20)26-27-23-17-9-7-15-21(23)22-16-8-10-18-24(22)27/h1-7,9,11-15,17H,8,10,16,18H2. The van der Waals surface area contributed by atoms with Crippen LogP contribution in [-0.4, -0.2) is 10.4 Å². The first-order chi connectivity index (χ1) is 13.4. The Balaban J connectivity index is 1.78. The topological polar surface area (TPSA) is 17.3 Å². The average Bonchev–Trinajstić information content (AvgIpc) is 3.07. The van der Waals surface area contributed by atoms with Crippen LogP contribution in [0.2, 0.25) is 0 Å². The smallest absolute Gasteiger partial charge is 0.0984 e. The van der Waals surface area contributed by atoms with Crippen molar-refractivity contribution in [1.82, 2.24) is 4.68 Å². The Kier molecular flexibility index (Phi) is 4.10. The van der Waals surface area contributed by atoms with Crippen LogP contribution in [0.25, 0.3) is 10.9 Å². The molecular weight excluding hydrogens is 328 g/mol. The summed E-state index contributed by atoms with van der Waals surface area (Å²) in [5.74, 6) is 0. The minimum absolute atomic E-state index is 1.02. The van der Waals surface area contributed by atoms with Gasteiger partial charge >= 0.3 is 0 Å². The Morgan fingerprint density at radius 2 is 1.26 bits per heavy atom. The lowest BCUT2D eigenvalue weighted by atomic mass is 9.96. The van der Waals surface area contributed by atoms with Gasteiger partial charge in [-0.25, -0.2) is 4.68 Å². The normalized spacial score (nSPS) is 13.3. The number of nitrogens with zero attached hydrogens (tertiary/aromatic N) is 2. The van der Waals surface area contributed by atoms with Crippen molar-refractivity contribution in [1.29, 1.82) is 0 Å². The summed E-state index contributed by atoms with van der Waals surface area (Å²) >= 11 is 0. The number of fused-ring (bicyclic) bond motifs is 3. The molecule has 0 saturated heterocycles. The SMILES string of the molecule is c1ccc(C(=Nn2c3c(c4ccccc42)CCCC3)c2ccccc2)cc1. The summed E-state index contributed by atoms with van der Waals surface area (Å²) in [4.78, 5) is 0. The van der Waals surface area contributed by atoms with Crippen molar-refractivity contribution >= 4 is 16.6 Å². The van der Waals surface area contributed by atoms with Crippen molar-refractivity contribution in [2.45, 2.75) is 25.7 Å². The molecule has 5 rings (SSSR count). The summed E-state index contributed by atoms with van der Waals surface area (Å²) < 4.78 is 2.21. The largest absolute Gasteiger partial charge is 0.236 e. The van der Waals surface area contributed by atoms with E-state index in [1.165, 1.54) is 35.0 Å². The zero-order chi connectivity index (χ0) is 18.1. The van der Waals surface area contributed by atoms with Crippen molar-refractivity contribution in [3.8, 4) is 0 Å². The number of hydrogen-bond donors (Lipinski definition) is 0. The number of benzene rings is 3. The van der Waals surface area contributed by atoms with Crippen molar-refractivity contribution in [3.05, 3.63) is 107 Å². The van der Waals surface area contributed by atoms with Gasteiger partial charge in [-0.2, -0.15) is 5.10 Å². The Hall–Kier alpha value is -3.13. The summed E-state index contributed by atoms with van der Waals surface area (Å²) in [7, 11) is 0. The Morgan fingerprint density at radius 3 is 1.96 bits per heavy atom. The Morgan fingerprint density at radius 1 is 0.667 bits per heavy atom. The highest BCUT2D eigenvalue weighted by molar-refractivity contribution is 6.13. The zero-order valence-corrected chi connectivity index (χ0v) is 15.3. The van der Waals surface area contributed by atoms with Crippen LogP contribution in [0.15, 0.2) is 90.0 Å². The second-order valence-corrected chi connectivity index (χ2v) is 7.14. The monoisotopic (exact) mass is 350 g/mol. The van der Waals surface area contributed by atoms with Crippen molar-refractivity contribution < 1.29 is 0 Å². The van der Waals surface area contributed by atoms with Crippen LogP contribution in [-0.2, 0) is 12.8 Å². The average molecular weight is 350 g/mol. The Bertz CT molecular complexity index is 1060. The quantitative estimate of drug-likeness (QED) is 0.414. The first-order valence-electron chi connectivity index (χ1n) is 9.73. The molecule has 0 spiro atoms. The number of para-hydroxylation sites is 1. The maximum absolute atomic E-state index is 5.23. The molecule has 0 radical (unpaired) electrons. The number of aryl methyl sites for hydroxylation is 1. The fourth-order valence-corrected chi connectivity index (χ4v) is 4.16. The van der Waals surface area contributed by atoms with Gasteiger partial charge in [0.1, 0.15) is 0 Å². The summed E-state index contributed by atoms with van der Waals surface area (Å²) in [6.07, 6.45) is 4.77. The second kappa shape index (κ2) is 6.88. The van der Waals surface area contributed by atoms with Crippen molar-refractivity contribution in [3.63, 3.8) is 0 Å². The predicted octanol–water partition coefficient (Wildman–Crippen LogP) is 5.82. The molecule has 0 N–H and O–H groups in total. The van der Waals surface area contributed by atoms with E-state index in [1.807, 2.05) is 0 Å². The summed E-state index contributed by atoms with van der Waals surface area (Å²) in [6.45, 7) is 0. The van der Waals surface area contributed by atoms with Crippen LogP contribution in [0.1, 0.15) is 35.2 Å². The third-order valence-corrected chi connectivity index (χ3v) is 5.45. The lowest BCUT2D eigenvalue weighted by Crippen LogP contribution is -2.10. The lowest BCUT2D eigenvalue weighted by Gasteiger charge is -2.15. The molecule has 132 valence electrons. The molecular formula is C25H22N2. The van der Waals surface area contributed by atoms with E-state index in [0.29, 0.717) is 0 Å². The first-order valence-corrected chi connectivity index (χ1v) is 9.73. The summed E-state index contributed by atoms with van der Waals surface area (Å²) in [5.41, 5.74) is 7.39. The third-order valence-electron chi connectivity index (χ3n) is 5.45. The van der Waals surface area contributed by atoms with Crippen LogP contribution in [0.5, 0.6) is 0 Å². The highest BCUT2D eigenvalue weighted by Crippen LogP contribution is 2.32. The highest BCUT2D eigenvalue weighted by Gasteiger charge is 2.20. The number of rotatable bonds is 3. The maximum atomic E-state index is 5.23. The molecule has 0 atom stereocenters. The third kappa shape index (κ3) is 2.87. The predicted molar refractivity (Wildman–Crippen MR) is 113 cm³/mol. The molecule has 4 aromatic rings. The lowest BCUT2D eigenvalue weighted by molar-refractivity contribution is 0.649. The molecule has 0 amide bonds. The van der Waals surface area contributed by atoms with E-state index in [-0.39, 0.29) is 0 Å². The molecule has 2 nitrogen and oxygen atoms in total. The van der Waals surface area contributed by atoms with Gasteiger partial charge in [0.25, 0.3) is 0 Å². The molecule has 0 bridgehead atoms. The number of hydrogen-bond acceptors (Lipinski definition) is 1. The van der Waals surface area contributed by atoms with Crippen LogP contribution in [0.4, 0.5) is 0 Å². The van der Waals surface area contributed by atoms with Gasteiger partial charge in [0.15, 0.2) is 0 Å². The van der Waals surface area contributed by atoms with Crippen LogP contribution >= 0.6 is 0 Å². The van der Waals surface area contributed by atoms with E-state index in [9.17, 15) is 0 Å². The fraction of sp³-hybridized carbons (Fsp3) is 0.160. The molecule has 27 heavy (non-hydrogen) atoms. The molecule has 0 aliphatic heterocycles. The van der Waals surface area contributed by atoms with Gasteiger partial charge < -0.3 is 0 Å². The second-order valence-electron chi connectivity index (χ2n) is 7.14. The number of aromatic nitrogens is 1. The Labute approximate surface area is 159 Å². The van der Waals surface area contributed by atoms with Crippen molar-refractivity contribution in [2.24, 2.45) is 5.10 Å². The van der Waals surface area contributed by atoms with Crippen molar-refractivity contribution in [2.75, 3.05) is 0 Å². The molecule has 1 aliphatic carbocycles. The zero-order valence-electron chi connectivity index (χ0n) is 15.3. The van der Waals surface area contributed by atoms with Crippen LogP contribution < -0.4 is 0 Å². The molecule has 0 saturated carbocycles. The van der Waals surface area contributed by atoms with Gasteiger partial charge in [-0.05, 0) is 37.3 Å². The fourth-order valence-electron chi connectivity index (χ4n) is 4.16. The maximum Gasteiger partial charge on any atom is 0.0984 e. The van der Waals surface area contributed by atoms with E-state index >= 15 is 0 Å². The van der Waals surface area contributed by atoms with Gasteiger partial charge in [0.05, 0.1) is 11.2 Å². The molecule has 1 aliphatic rings. The molecule has 3 aromatic carbocycles. The molecule has 2 heteroatoms. The van der Waals surface area contributed by atoms with Crippen LogP contribution in [0, 0.1) is 0 Å². The van der Waals surface area contributed by atoms with Gasteiger partial charge in [-0.15, -0.1) is 0 Å². The van der Waals surface area contributed by atoms with Crippen LogP contribution in [0.3, 0.4) is 0 Å². The molecule has 0 fully saturated rings. The molecule has 0 unspecified atom stereocenters. The van der Waals surface area contributed by atoms with E-state index < -0.39 is 0 Å². The van der Waals surface area contributed by atoms with E-state index in [4.69, 9.17) is 5.10 Å². The molecule has 1 aromatic heterocycles.